The average Bonchev–Trinajstić information content (AvgIpc) is 3.13. The lowest BCUT2D eigenvalue weighted by atomic mass is 10.1. The van der Waals surface area contributed by atoms with Crippen molar-refractivity contribution in [1.29, 1.82) is 0 Å². The number of ether oxygens (including phenoxy) is 1. The van der Waals surface area contributed by atoms with E-state index in [4.69, 9.17) is 16.1 Å². The molecule has 142 valence electrons. The molecule has 3 rings (SSSR count). The van der Waals surface area contributed by atoms with E-state index in [1.807, 2.05) is 24.3 Å². The molecule has 2 heterocycles. The van der Waals surface area contributed by atoms with E-state index in [0.29, 0.717) is 30.0 Å². The van der Waals surface area contributed by atoms with E-state index in [0.717, 1.165) is 31.0 Å². The molecule has 2 aromatic rings. The molecule has 7 nitrogen and oxygen atoms in total. The minimum atomic E-state index is 0.138. The van der Waals surface area contributed by atoms with Crippen molar-refractivity contribution in [1.82, 2.24) is 20.4 Å². The van der Waals surface area contributed by atoms with Gasteiger partial charge in [-0.05, 0) is 39.0 Å². The first-order valence-electron chi connectivity index (χ1n) is 8.68. The van der Waals surface area contributed by atoms with E-state index in [1.165, 1.54) is 0 Å². The van der Waals surface area contributed by atoms with Gasteiger partial charge in [-0.3, -0.25) is 9.69 Å². The second-order valence-electron chi connectivity index (χ2n) is 5.99. The minimum Gasteiger partial charge on any atom is -0.468 e. The number of hydrogen-bond acceptors (Lipinski definition) is 7. The molecular formula is C18H25ClN4O3. The van der Waals surface area contributed by atoms with E-state index in [1.54, 1.807) is 6.92 Å². The summed E-state index contributed by atoms with van der Waals surface area (Å²) in [7, 11) is 0. The summed E-state index contributed by atoms with van der Waals surface area (Å²) in [5, 5.41) is 8.19. The minimum absolute atomic E-state index is 0.138. The van der Waals surface area contributed by atoms with Gasteiger partial charge in [0.25, 0.3) is 12.4 Å². The third-order valence-electron chi connectivity index (χ3n) is 4.17. The summed E-state index contributed by atoms with van der Waals surface area (Å²) < 4.78 is 9.54. The fraction of sp³-hybridized carbons (Fsp3) is 0.500. The van der Waals surface area contributed by atoms with Gasteiger partial charge in [0.05, 0.1) is 12.6 Å². The molecule has 1 aromatic heterocycles. The van der Waals surface area contributed by atoms with Gasteiger partial charge in [-0.1, -0.05) is 22.8 Å². The number of nitrogens with one attached hydrogen (secondary N) is 1. The van der Waals surface area contributed by atoms with Gasteiger partial charge in [-0.2, -0.15) is 4.98 Å². The molecular weight excluding hydrogens is 356 g/mol. The molecule has 0 spiro atoms. The maximum absolute atomic E-state index is 9.18. The van der Waals surface area contributed by atoms with Gasteiger partial charge in [-0.15, -0.1) is 0 Å². The number of carbonyl (C=O) groups is 1. The summed E-state index contributed by atoms with van der Waals surface area (Å²) in [6.07, 6.45) is 0. The summed E-state index contributed by atoms with van der Waals surface area (Å²) >= 11 is 6.00. The van der Waals surface area contributed by atoms with Crippen molar-refractivity contribution in [3.63, 3.8) is 0 Å². The molecule has 0 saturated carbocycles. The van der Waals surface area contributed by atoms with Crippen LogP contribution in [-0.2, 0) is 9.53 Å². The predicted octanol–water partition coefficient (Wildman–Crippen LogP) is 2.92. The Kier molecular flexibility index (Phi) is 8.03. The number of nitrogens with zero attached hydrogens (tertiary/aromatic N) is 3. The predicted molar refractivity (Wildman–Crippen MR) is 99.9 cm³/mol. The fourth-order valence-corrected chi connectivity index (χ4v) is 2.98. The quantitative estimate of drug-likeness (QED) is 0.798. The zero-order valence-corrected chi connectivity index (χ0v) is 16.1. The molecule has 1 aliphatic heterocycles. The highest BCUT2D eigenvalue weighted by Crippen LogP contribution is 2.25. The van der Waals surface area contributed by atoms with Crippen LogP contribution in [0, 0.1) is 0 Å². The Hall–Kier alpha value is -1.96. The summed E-state index contributed by atoms with van der Waals surface area (Å²) in [5.41, 5.74) is 0.849. The van der Waals surface area contributed by atoms with Crippen LogP contribution < -0.4 is 5.32 Å². The summed E-state index contributed by atoms with van der Waals surface area (Å²) in [5.74, 6) is 1.24. The Morgan fingerprint density at radius 2 is 2.35 bits per heavy atom. The van der Waals surface area contributed by atoms with Crippen LogP contribution in [0.2, 0.25) is 5.02 Å². The van der Waals surface area contributed by atoms with Crippen molar-refractivity contribution >= 4 is 18.1 Å². The standard InChI is InChI=1S/C15H19ClN4O.C3H6O2/c1-10-9-17-6-7-20(10)11(2)14-18-15(21-19-14)12-4-3-5-13(16)8-12;1-2-5-3-4/h3-5,8,10-11,17H,6-7,9H2,1-2H3;3H,2H2,1H3/t10-,11?;/m0./s1. The summed E-state index contributed by atoms with van der Waals surface area (Å²) in [4.78, 5) is 16.1. The van der Waals surface area contributed by atoms with Crippen molar-refractivity contribution in [3.8, 4) is 11.5 Å². The summed E-state index contributed by atoms with van der Waals surface area (Å²) in [6.45, 7) is 9.97. The molecule has 1 aromatic carbocycles. The van der Waals surface area contributed by atoms with Crippen LogP contribution in [0.3, 0.4) is 0 Å². The van der Waals surface area contributed by atoms with Crippen LogP contribution in [0.15, 0.2) is 28.8 Å². The first kappa shape index (κ1) is 20.4. The van der Waals surface area contributed by atoms with Gasteiger partial charge in [-0.25, -0.2) is 0 Å². The number of benzene rings is 1. The lowest BCUT2D eigenvalue weighted by molar-refractivity contribution is -0.128. The zero-order valence-electron chi connectivity index (χ0n) is 15.3. The van der Waals surface area contributed by atoms with E-state index in [-0.39, 0.29) is 6.04 Å². The monoisotopic (exact) mass is 380 g/mol. The van der Waals surface area contributed by atoms with Crippen LogP contribution in [0.1, 0.15) is 32.6 Å². The zero-order chi connectivity index (χ0) is 18.9. The third kappa shape index (κ3) is 5.52. The van der Waals surface area contributed by atoms with E-state index >= 15 is 0 Å². The molecule has 0 radical (unpaired) electrons. The maximum Gasteiger partial charge on any atom is 0.293 e. The highest BCUT2D eigenvalue weighted by atomic mass is 35.5. The molecule has 0 aliphatic carbocycles. The number of aromatic nitrogens is 2. The van der Waals surface area contributed by atoms with Gasteiger partial charge >= 0.3 is 0 Å². The van der Waals surface area contributed by atoms with Gasteiger partial charge < -0.3 is 14.6 Å². The highest BCUT2D eigenvalue weighted by Gasteiger charge is 2.27. The van der Waals surface area contributed by atoms with Crippen molar-refractivity contribution in [2.45, 2.75) is 32.9 Å². The first-order valence-corrected chi connectivity index (χ1v) is 9.05. The van der Waals surface area contributed by atoms with E-state index in [9.17, 15) is 4.79 Å². The largest absolute Gasteiger partial charge is 0.468 e. The second kappa shape index (κ2) is 10.3. The van der Waals surface area contributed by atoms with Gasteiger partial charge in [0.15, 0.2) is 5.82 Å². The van der Waals surface area contributed by atoms with Gasteiger partial charge in [0.1, 0.15) is 0 Å². The highest BCUT2D eigenvalue weighted by molar-refractivity contribution is 6.30. The van der Waals surface area contributed by atoms with Crippen molar-refractivity contribution in [2.24, 2.45) is 0 Å². The molecule has 1 aliphatic rings. The molecule has 1 fully saturated rings. The number of piperazine rings is 1. The molecule has 1 N–H and O–H groups in total. The van der Waals surface area contributed by atoms with Crippen LogP contribution in [0.5, 0.6) is 0 Å². The van der Waals surface area contributed by atoms with Crippen LogP contribution in [0.25, 0.3) is 11.5 Å². The SMILES string of the molecule is CC(c1noc(-c2cccc(Cl)c2)n1)N1CCNC[C@@H]1C.CCOC=O. The Morgan fingerprint density at radius 1 is 1.54 bits per heavy atom. The molecule has 0 amide bonds. The Morgan fingerprint density at radius 3 is 2.96 bits per heavy atom. The van der Waals surface area contributed by atoms with E-state index in [2.05, 4.69) is 38.9 Å². The number of halogens is 1. The lowest BCUT2D eigenvalue weighted by Gasteiger charge is -2.36. The van der Waals surface area contributed by atoms with Gasteiger partial charge in [0.2, 0.25) is 0 Å². The topological polar surface area (TPSA) is 80.5 Å². The number of rotatable bonds is 5. The molecule has 1 unspecified atom stereocenters. The van der Waals surface area contributed by atoms with Crippen LogP contribution in [-0.4, -0.2) is 53.8 Å². The lowest BCUT2D eigenvalue weighted by Crippen LogP contribution is -2.50. The molecule has 2 atom stereocenters. The Bertz CT molecular complexity index is 695. The second-order valence-corrected chi connectivity index (χ2v) is 6.42. The van der Waals surface area contributed by atoms with Crippen molar-refractivity contribution < 1.29 is 14.1 Å². The number of carbonyl (C=O) groups excluding carboxylic acids is 1. The number of hydrogen-bond donors (Lipinski definition) is 1. The van der Waals surface area contributed by atoms with Crippen molar-refractivity contribution in [2.75, 3.05) is 26.2 Å². The van der Waals surface area contributed by atoms with Gasteiger partial charge in [0, 0.05) is 36.3 Å². The third-order valence-corrected chi connectivity index (χ3v) is 4.41. The smallest absolute Gasteiger partial charge is 0.293 e. The normalized spacial score (nSPS) is 18.5. The first-order chi connectivity index (χ1) is 12.6. The molecule has 1 saturated heterocycles. The van der Waals surface area contributed by atoms with E-state index < -0.39 is 0 Å². The molecule has 26 heavy (non-hydrogen) atoms. The van der Waals surface area contributed by atoms with Crippen LogP contribution in [0.4, 0.5) is 0 Å². The molecule has 0 bridgehead atoms. The summed E-state index contributed by atoms with van der Waals surface area (Å²) in [6, 6.07) is 8.05. The maximum atomic E-state index is 9.18. The average molecular weight is 381 g/mol. The Labute approximate surface area is 158 Å². The van der Waals surface area contributed by atoms with Crippen LogP contribution >= 0.6 is 11.6 Å². The van der Waals surface area contributed by atoms with Crippen molar-refractivity contribution in [3.05, 3.63) is 35.1 Å². The molecule has 8 heteroatoms. The Balaban J connectivity index is 0.000000431. The fourth-order valence-electron chi connectivity index (χ4n) is 2.79.